The zero-order valence-electron chi connectivity index (χ0n) is 14.1. The van der Waals surface area contributed by atoms with Crippen molar-refractivity contribution in [1.82, 2.24) is 0 Å². The van der Waals surface area contributed by atoms with Crippen molar-refractivity contribution < 1.29 is 0 Å². The smallest absolute Gasteiger partial charge is 0.0504 e. The molecule has 0 aromatic heterocycles. The van der Waals surface area contributed by atoms with Crippen molar-refractivity contribution in [3.63, 3.8) is 0 Å². The van der Waals surface area contributed by atoms with E-state index in [0.29, 0.717) is 0 Å². The second-order valence-corrected chi connectivity index (χ2v) is 7.07. The quantitative estimate of drug-likeness (QED) is 0.832. The van der Waals surface area contributed by atoms with Crippen LogP contribution in [0.5, 0.6) is 0 Å². The van der Waals surface area contributed by atoms with Crippen molar-refractivity contribution in [2.75, 3.05) is 0 Å². The van der Waals surface area contributed by atoms with Gasteiger partial charge in [0, 0.05) is 11.1 Å². The summed E-state index contributed by atoms with van der Waals surface area (Å²) in [4.78, 5) is 0. The molecule has 2 aromatic carbocycles. The van der Waals surface area contributed by atoms with Gasteiger partial charge in [-0.3, -0.25) is 0 Å². The predicted molar refractivity (Wildman–Crippen MR) is 101 cm³/mol. The summed E-state index contributed by atoms with van der Waals surface area (Å²) in [6.07, 6.45) is 7.92. The Balaban J connectivity index is 1.87. The number of allylic oxidation sites excluding steroid dienone is 2. The Morgan fingerprint density at radius 2 is 1.71 bits per heavy atom. The number of nitrogens with two attached hydrogens (primary N) is 2. The molecule has 0 radical (unpaired) electrons. The van der Waals surface area contributed by atoms with Crippen LogP contribution in [0.2, 0.25) is 0 Å². The van der Waals surface area contributed by atoms with Crippen LogP contribution in [-0.2, 0) is 5.41 Å². The van der Waals surface area contributed by atoms with Crippen LogP contribution in [0, 0.1) is 0 Å². The summed E-state index contributed by atoms with van der Waals surface area (Å²) < 4.78 is 0. The predicted octanol–water partition coefficient (Wildman–Crippen LogP) is 4.12. The third kappa shape index (κ3) is 2.07. The van der Waals surface area contributed by atoms with E-state index >= 15 is 0 Å². The molecule has 0 fully saturated rings. The Morgan fingerprint density at radius 1 is 0.958 bits per heavy atom. The Bertz CT molecular complexity index is 913. The fourth-order valence-corrected chi connectivity index (χ4v) is 3.87. The Hall–Kier alpha value is -2.58. The summed E-state index contributed by atoms with van der Waals surface area (Å²) in [6.45, 7) is 4.56. The summed E-state index contributed by atoms with van der Waals surface area (Å²) >= 11 is 0. The average molecular weight is 314 g/mol. The van der Waals surface area contributed by atoms with Crippen LogP contribution >= 0.6 is 0 Å². The zero-order chi connectivity index (χ0) is 16.9. The van der Waals surface area contributed by atoms with E-state index < -0.39 is 0 Å². The minimum Gasteiger partial charge on any atom is -0.398 e. The molecule has 2 aromatic rings. The van der Waals surface area contributed by atoms with Gasteiger partial charge in [0.1, 0.15) is 0 Å². The van der Waals surface area contributed by atoms with Gasteiger partial charge in [0.25, 0.3) is 0 Å². The highest BCUT2D eigenvalue weighted by Crippen LogP contribution is 2.48. The molecule has 0 saturated heterocycles. The van der Waals surface area contributed by atoms with Gasteiger partial charge in [0.15, 0.2) is 0 Å². The molecule has 2 aliphatic carbocycles. The van der Waals surface area contributed by atoms with E-state index in [2.05, 4.69) is 56.3 Å². The molecule has 0 aliphatic heterocycles. The lowest BCUT2D eigenvalue weighted by Gasteiger charge is -2.22. The van der Waals surface area contributed by atoms with Gasteiger partial charge < -0.3 is 11.5 Å². The van der Waals surface area contributed by atoms with E-state index in [-0.39, 0.29) is 11.5 Å². The molecular formula is C22H22N2. The number of hydrogen-bond acceptors (Lipinski definition) is 2. The maximum atomic E-state index is 6.46. The topological polar surface area (TPSA) is 52.0 Å². The summed E-state index contributed by atoms with van der Waals surface area (Å²) in [5, 5.41) is 0. The van der Waals surface area contributed by atoms with Gasteiger partial charge in [-0.25, -0.2) is 0 Å². The van der Waals surface area contributed by atoms with Gasteiger partial charge >= 0.3 is 0 Å². The zero-order valence-corrected chi connectivity index (χ0v) is 14.1. The first-order chi connectivity index (χ1) is 11.5. The fourth-order valence-electron chi connectivity index (χ4n) is 3.87. The summed E-state index contributed by atoms with van der Waals surface area (Å²) in [7, 11) is 0. The molecule has 1 unspecified atom stereocenters. The van der Waals surface area contributed by atoms with Crippen molar-refractivity contribution in [2.45, 2.75) is 25.3 Å². The van der Waals surface area contributed by atoms with Gasteiger partial charge in [-0.2, -0.15) is 0 Å². The van der Waals surface area contributed by atoms with Gasteiger partial charge in [0.05, 0.1) is 6.04 Å². The molecule has 0 amide bonds. The number of hydrogen-bond donors (Lipinski definition) is 2. The molecule has 2 heteroatoms. The van der Waals surface area contributed by atoms with E-state index in [0.717, 1.165) is 16.8 Å². The monoisotopic (exact) mass is 314 g/mol. The maximum absolute atomic E-state index is 6.46. The minimum absolute atomic E-state index is 0.0166. The Kier molecular flexibility index (Phi) is 3.26. The molecule has 0 bridgehead atoms. The van der Waals surface area contributed by atoms with Crippen molar-refractivity contribution >= 4 is 5.70 Å². The lowest BCUT2D eigenvalue weighted by molar-refractivity contribution is 0.660. The lowest BCUT2D eigenvalue weighted by Crippen LogP contribution is -2.23. The van der Waals surface area contributed by atoms with E-state index in [9.17, 15) is 0 Å². The lowest BCUT2D eigenvalue weighted by atomic mass is 9.81. The summed E-state index contributed by atoms with van der Waals surface area (Å²) in [5.74, 6) is 0. The highest BCUT2D eigenvalue weighted by molar-refractivity contribution is 5.83. The van der Waals surface area contributed by atoms with Crippen LogP contribution in [0.3, 0.4) is 0 Å². The number of rotatable bonds is 1. The summed E-state index contributed by atoms with van der Waals surface area (Å²) in [6, 6.07) is 15.0. The Labute approximate surface area is 143 Å². The third-order valence-electron chi connectivity index (χ3n) is 5.27. The van der Waals surface area contributed by atoms with Crippen LogP contribution < -0.4 is 11.5 Å². The van der Waals surface area contributed by atoms with Gasteiger partial charge in [-0.15, -0.1) is 0 Å². The SMILES string of the molecule is CC1(C)c2ccccc2-c2ccc(/C(N)=C3\C=CC=CC3N)cc21. The first-order valence-electron chi connectivity index (χ1n) is 8.35. The fraction of sp³-hybridized carbons (Fsp3) is 0.182. The van der Waals surface area contributed by atoms with Crippen LogP contribution in [0.25, 0.3) is 16.8 Å². The van der Waals surface area contributed by atoms with Crippen molar-refractivity contribution in [2.24, 2.45) is 11.5 Å². The molecule has 120 valence electrons. The standard InChI is InChI=1S/C22H22N2/c1-22(2)18-9-5-3-7-15(18)16-12-11-14(13-19(16)22)21(24)17-8-4-6-10-20(17)23/h3-13,20H,23-24H2,1-2H3/b21-17-. The van der Waals surface area contributed by atoms with Gasteiger partial charge in [0.2, 0.25) is 0 Å². The molecule has 4 N–H and O–H groups in total. The highest BCUT2D eigenvalue weighted by Gasteiger charge is 2.35. The van der Waals surface area contributed by atoms with E-state index in [4.69, 9.17) is 11.5 Å². The van der Waals surface area contributed by atoms with Crippen LogP contribution in [0.1, 0.15) is 30.5 Å². The van der Waals surface area contributed by atoms with Gasteiger partial charge in [-0.05, 0) is 39.5 Å². The molecule has 1 atom stereocenters. The molecule has 0 spiro atoms. The molecule has 0 saturated carbocycles. The number of fused-ring (bicyclic) bond motifs is 3. The minimum atomic E-state index is -0.145. The molecular weight excluding hydrogens is 292 g/mol. The first kappa shape index (κ1) is 15.0. The third-order valence-corrected chi connectivity index (χ3v) is 5.27. The Morgan fingerprint density at radius 3 is 2.50 bits per heavy atom. The normalized spacial score (nSPS) is 22.2. The second-order valence-electron chi connectivity index (χ2n) is 7.07. The van der Waals surface area contributed by atoms with Gasteiger partial charge in [-0.1, -0.05) is 74.5 Å². The van der Waals surface area contributed by atoms with Crippen LogP contribution in [0.4, 0.5) is 0 Å². The maximum Gasteiger partial charge on any atom is 0.0504 e. The number of benzene rings is 2. The van der Waals surface area contributed by atoms with Crippen molar-refractivity contribution in [3.8, 4) is 11.1 Å². The molecule has 24 heavy (non-hydrogen) atoms. The van der Waals surface area contributed by atoms with E-state index in [1.807, 2.05) is 24.3 Å². The summed E-state index contributed by atoms with van der Waals surface area (Å²) in [5.41, 5.74) is 20.7. The highest BCUT2D eigenvalue weighted by atomic mass is 14.7. The van der Waals surface area contributed by atoms with E-state index in [1.54, 1.807) is 0 Å². The van der Waals surface area contributed by atoms with Crippen molar-refractivity contribution in [1.29, 1.82) is 0 Å². The molecule has 2 nitrogen and oxygen atoms in total. The first-order valence-corrected chi connectivity index (χ1v) is 8.35. The van der Waals surface area contributed by atoms with E-state index in [1.165, 1.54) is 22.3 Å². The van der Waals surface area contributed by atoms with Crippen LogP contribution in [0.15, 0.2) is 72.3 Å². The second kappa shape index (κ2) is 5.22. The van der Waals surface area contributed by atoms with Crippen LogP contribution in [-0.4, -0.2) is 6.04 Å². The molecule has 0 heterocycles. The average Bonchev–Trinajstić information content (AvgIpc) is 2.83. The van der Waals surface area contributed by atoms with Crippen molar-refractivity contribution in [3.05, 3.63) is 89.0 Å². The largest absolute Gasteiger partial charge is 0.398 e. The molecule has 4 rings (SSSR count). The molecule has 2 aliphatic rings.